The molecule has 3 aromatic rings. The highest BCUT2D eigenvalue weighted by atomic mass is 35.5. The summed E-state index contributed by atoms with van der Waals surface area (Å²) < 4.78 is 0. The van der Waals surface area contributed by atoms with Crippen LogP contribution >= 0.6 is 11.6 Å². The van der Waals surface area contributed by atoms with Crippen molar-refractivity contribution in [3.8, 4) is 0 Å². The number of benzene rings is 2. The molecule has 126 valence electrons. The van der Waals surface area contributed by atoms with E-state index in [1.54, 1.807) is 12.1 Å². The number of pyridine rings is 1. The van der Waals surface area contributed by atoms with Crippen molar-refractivity contribution in [2.75, 3.05) is 18.0 Å². The molecule has 25 heavy (non-hydrogen) atoms. The van der Waals surface area contributed by atoms with Crippen LogP contribution in [0.4, 0.5) is 5.82 Å². The highest BCUT2D eigenvalue weighted by Gasteiger charge is 2.25. The lowest BCUT2D eigenvalue weighted by molar-refractivity contribution is 0.0697. The molecule has 1 saturated heterocycles. The van der Waals surface area contributed by atoms with Gasteiger partial charge in [-0.2, -0.15) is 0 Å². The van der Waals surface area contributed by atoms with E-state index in [0.29, 0.717) is 16.5 Å². The number of carboxylic acids is 1. The van der Waals surface area contributed by atoms with E-state index >= 15 is 0 Å². The second-order valence-corrected chi connectivity index (χ2v) is 6.75. The fourth-order valence-corrected chi connectivity index (χ4v) is 3.64. The summed E-state index contributed by atoms with van der Waals surface area (Å²) in [6.07, 6.45) is 1.02. The molecule has 0 aliphatic carbocycles. The van der Waals surface area contributed by atoms with E-state index in [1.165, 1.54) is 5.56 Å². The Morgan fingerprint density at radius 2 is 1.92 bits per heavy atom. The van der Waals surface area contributed by atoms with Crippen LogP contribution < -0.4 is 4.90 Å². The van der Waals surface area contributed by atoms with E-state index < -0.39 is 5.97 Å². The first-order valence-electron chi connectivity index (χ1n) is 8.25. The molecule has 0 bridgehead atoms. The highest BCUT2D eigenvalue weighted by molar-refractivity contribution is 6.35. The van der Waals surface area contributed by atoms with Gasteiger partial charge in [0.15, 0.2) is 0 Å². The Bertz CT molecular complexity index is 940. The van der Waals surface area contributed by atoms with Crippen LogP contribution in [-0.2, 0) is 0 Å². The van der Waals surface area contributed by atoms with Crippen LogP contribution in [0.3, 0.4) is 0 Å². The van der Waals surface area contributed by atoms with Crippen molar-refractivity contribution in [3.63, 3.8) is 0 Å². The molecule has 0 spiro atoms. The van der Waals surface area contributed by atoms with Gasteiger partial charge in [-0.15, -0.1) is 0 Å². The molecule has 1 aliphatic rings. The summed E-state index contributed by atoms with van der Waals surface area (Å²) in [4.78, 5) is 18.0. The minimum Gasteiger partial charge on any atom is -0.478 e. The maximum absolute atomic E-state index is 11.0. The maximum atomic E-state index is 11.0. The lowest BCUT2D eigenvalue weighted by Gasteiger charge is -2.18. The molecule has 1 aliphatic heterocycles. The molecular weight excluding hydrogens is 336 g/mol. The Hall–Kier alpha value is -2.59. The summed E-state index contributed by atoms with van der Waals surface area (Å²) in [6, 6.07) is 17.1. The third-order valence-electron chi connectivity index (χ3n) is 4.80. The molecule has 1 aromatic heterocycles. The van der Waals surface area contributed by atoms with Gasteiger partial charge in [-0.25, -0.2) is 9.78 Å². The summed E-state index contributed by atoms with van der Waals surface area (Å²) in [7, 11) is 0. The topological polar surface area (TPSA) is 53.4 Å². The average Bonchev–Trinajstić information content (AvgIpc) is 3.12. The molecule has 0 radical (unpaired) electrons. The number of hydrogen-bond acceptors (Lipinski definition) is 3. The van der Waals surface area contributed by atoms with Crippen molar-refractivity contribution in [3.05, 3.63) is 70.7 Å². The summed E-state index contributed by atoms with van der Waals surface area (Å²) in [5, 5.41) is 10.7. The fraction of sp³-hybridized carbons (Fsp3) is 0.200. The van der Waals surface area contributed by atoms with Gasteiger partial charge < -0.3 is 10.0 Å². The van der Waals surface area contributed by atoms with Crippen molar-refractivity contribution in [2.24, 2.45) is 0 Å². The Balaban J connectivity index is 1.56. The standard InChI is InChI=1S/C20H17ClN2O2/c21-17-3-1-2-14-8-9-18(22-19(14)17)23-11-10-16(12-23)13-4-6-15(7-5-13)20(24)25/h1-9,16H,10-12H2,(H,24,25)/t16-/m0/s1. The van der Waals surface area contributed by atoms with Gasteiger partial charge >= 0.3 is 5.97 Å². The summed E-state index contributed by atoms with van der Waals surface area (Å²) >= 11 is 6.27. The first-order valence-corrected chi connectivity index (χ1v) is 8.63. The van der Waals surface area contributed by atoms with Crippen LogP contribution in [0, 0.1) is 0 Å². The van der Waals surface area contributed by atoms with Crippen molar-refractivity contribution in [1.82, 2.24) is 4.98 Å². The normalized spacial score (nSPS) is 17.2. The molecule has 4 rings (SSSR count). The third-order valence-corrected chi connectivity index (χ3v) is 5.10. The Labute approximate surface area is 150 Å². The van der Waals surface area contributed by atoms with Gasteiger partial charge in [-0.3, -0.25) is 0 Å². The Kier molecular flexibility index (Phi) is 4.06. The third kappa shape index (κ3) is 3.05. The minimum atomic E-state index is -0.892. The average molecular weight is 353 g/mol. The van der Waals surface area contributed by atoms with Gasteiger partial charge in [-0.1, -0.05) is 35.9 Å². The number of halogens is 1. The molecule has 1 N–H and O–H groups in total. The number of rotatable bonds is 3. The molecule has 2 heterocycles. The minimum absolute atomic E-state index is 0.324. The van der Waals surface area contributed by atoms with E-state index in [2.05, 4.69) is 11.0 Å². The lowest BCUT2D eigenvalue weighted by Crippen LogP contribution is -2.20. The molecular formula is C20H17ClN2O2. The summed E-state index contributed by atoms with van der Waals surface area (Å²) in [6.45, 7) is 1.80. The Morgan fingerprint density at radius 3 is 2.68 bits per heavy atom. The molecule has 1 atom stereocenters. The van der Waals surface area contributed by atoms with E-state index in [9.17, 15) is 4.79 Å². The van der Waals surface area contributed by atoms with Crippen molar-refractivity contribution < 1.29 is 9.90 Å². The quantitative estimate of drug-likeness (QED) is 0.749. The van der Waals surface area contributed by atoms with E-state index in [1.807, 2.05) is 36.4 Å². The second-order valence-electron chi connectivity index (χ2n) is 6.34. The number of hydrogen-bond donors (Lipinski definition) is 1. The van der Waals surface area contributed by atoms with Gasteiger partial charge in [0.2, 0.25) is 0 Å². The zero-order valence-electron chi connectivity index (χ0n) is 13.5. The predicted molar refractivity (Wildman–Crippen MR) is 99.7 cm³/mol. The number of carbonyl (C=O) groups is 1. The van der Waals surface area contributed by atoms with Crippen LogP contribution in [0.2, 0.25) is 5.02 Å². The molecule has 0 unspecified atom stereocenters. The van der Waals surface area contributed by atoms with Crippen LogP contribution in [0.15, 0.2) is 54.6 Å². The van der Waals surface area contributed by atoms with Crippen molar-refractivity contribution in [2.45, 2.75) is 12.3 Å². The second kappa shape index (κ2) is 6.37. The van der Waals surface area contributed by atoms with E-state index in [-0.39, 0.29) is 0 Å². The molecule has 2 aromatic carbocycles. The number of fused-ring (bicyclic) bond motifs is 1. The number of carboxylic acid groups (broad SMARTS) is 1. The van der Waals surface area contributed by atoms with E-state index in [0.717, 1.165) is 36.2 Å². The fourth-order valence-electron chi connectivity index (χ4n) is 3.42. The van der Waals surface area contributed by atoms with Gasteiger partial charge in [0.1, 0.15) is 5.82 Å². The Morgan fingerprint density at radius 1 is 1.12 bits per heavy atom. The van der Waals surface area contributed by atoms with Crippen molar-refractivity contribution in [1.29, 1.82) is 0 Å². The van der Waals surface area contributed by atoms with Gasteiger partial charge in [-0.05, 0) is 42.3 Å². The number of para-hydroxylation sites is 1. The zero-order chi connectivity index (χ0) is 17.4. The number of nitrogens with zero attached hydrogens (tertiary/aromatic N) is 2. The van der Waals surface area contributed by atoms with E-state index in [4.69, 9.17) is 21.7 Å². The summed E-state index contributed by atoms with van der Waals surface area (Å²) in [5.41, 5.74) is 2.33. The first kappa shape index (κ1) is 15.9. The number of aromatic carboxylic acids is 1. The van der Waals surface area contributed by atoms with Crippen LogP contribution in [0.5, 0.6) is 0 Å². The molecule has 0 saturated carbocycles. The molecule has 0 amide bonds. The van der Waals surface area contributed by atoms with Gasteiger partial charge in [0.05, 0.1) is 16.1 Å². The SMILES string of the molecule is O=C(O)c1ccc([C@H]2CCN(c3ccc4cccc(Cl)c4n3)C2)cc1. The number of aromatic nitrogens is 1. The molecule has 1 fully saturated rings. The smallest absolute Gasteiger partial charge is 0.335 e. The maximum Gasteiger partial charge on any atom is 0.335 e. The highest BCUT2D eigenvalue weighted by Crippen LogP contribution is 2.32. The van der Waals surface area contributed by atoms with Crippen molar-refractivity contribution >= 4 is 34.3 Å². The molecule has 5 heteroatoms. The predicted octanol–water partition coefficient (Wildman–Crippen LogP) is 4.58. The molecule has 4 nitrogen and oxygen atoms in total. The monoisotopic (exact) mass is 352 g/mol. The largest absolute Gasteiger partial charge is 0.478 e. The first-order chi connectivity index (χ1) is 12.1. The summed E-state index contributed by atoms with van der Waals surface area (Å²) in [5.74, 6) is 0.425. The van der Waals surface area contributed by atoms with Gasteiger partial charge in [0.25, 0.3) is 0 Å². The van der Waals surface area contributed by atoms with Gasteiger partial charge in [0, 0.05) is 24.4 Å². The number of anilines is 1. The van der Waals surface area contributed by atoms with Crippen LogP contribution in [-0.4, -0.2) is 29.1 Å². The van der Waals surface area contributed by atoms with Crippen LogP contribution in [0.25, 0.3) is 10.9 Å². The zero-order valence-corrected chi connectivity index (χ0v) is 14.3. The van der Waals surface area contributed by atoms with Crippen LogP contribution in [0.1, 0.15) is 28.3 Å². The lowest BCUT2D eigenvalue weighted by atomic mass is 9.97.